The van der Waals surface area contributed by atoms with Crippen LogP contribution in [-0.2, 0) is 12.2 Å². The Morgan fingerprint density at radius 3 is 2.62 bits per heavy atom. The number of hydrogen-bond donors (Lipinski definition) is 0. The number of aryl methyl sites for hydroxylation is 1. The van der Waals surface area contributed by atoms with E-state index in [1.807, 2.05) is 25.1 Å². The van der Waals surface area contributed by atoms with Crippen molar-refractivity contribution in [1.82, 2.24) is 9.97 Å². The summed E-state index contributed by atoms with van der Waals surface area (Å²) in [6.07, 6.45) is 0.741. The van der Waals surface area contributed by atoms with Crippen molar-refractivity contribution < 1.29 is 9.13 Å². The Bertz CT molecular complexity index is 939. The zero-order valence-electron chi connectivity index (χ0n) is 14.1. The van der Waals surface area contributed by atoms with E-state index in [-0.39, 0.29) is 5.82 Å². The molecule has 0 spiro atoms. The summed E-state index contributed by atoms with van der Waals surface area (Å²) in [5.41, 5.74) is 2.44. The number of rotatable bonds is 6. The lowest BCUT2D eigenvalue weighted by atomic mass is 10.1. The number of aromatic nitrogens is 2. The second kappa shape index (κ2) is 8.45. The molecule has 6 heteroatoms. The average molecular weight is 365 g/mol. The lowest BCUT2D eigenvalue weighted by Gasteiger charge is -2.09. The fourth-order valence-corrected chi connectivity index (χ4v) is 3.14. The molecule has 0 saturated carbocycles. The summed E-state index contributed by atoms with van der Waals surface area (Å²) in [5.74, 6) is 1.20. The summed E-state index contributed by atoms with van der Waals surface area (Å²) in [6.45, 7) is 2.00. The SMILES string of the molecule is CCc1cc(Oc2ccc(F)cc2)nc(SCc2ccccc2C#N)n1. The van der Waals surface area contributed by atoms with E-state index in [9.17, 15) is 9.65 Å². The highest BCUT2D eigenvalue weighted by molar-refractivity contribution is 7.98. The van der Waals surface area contributed by atoms with E-state index in [1.54, 1.807) is 24.3 Å². The first-order chi connectivity index (χ1) is 12.7. The van der Waals surface area contributed by atoms with Gasteiger partial charge in [0.25, 0.3) is 0 Å². The molecule has 0 N–H and O–H groups in total. The number of hydrogen-bond acceptors (Lipinski definition) is 5. The van der Waals surface area contributed by atoms with Crippen LogP contribution in [-0.4, -0.2) is 9.97 Å². The third-order valence-electron chi connectivity index (χ3n) is 3.63. The van der Waals surface area contributed by atoms with E-state index in [2.05, 4.69) is 16.0 Å². The van der Waals surface area contributed by atoms with Gasteiger partial charge < -0.3 is 4.74 Å². The Kier molecular flexibility index (Phi) is 5.82. The minimum atomic E-state index is -0.318. The molecule has 0 unspecified atom stereocenters. The quantitative estimate of drug-likeness (QED) is 0.447. The molecule has 0 saturated heterocycles. The van der Waals surface area contributed by atoms with Crippen LogP contribution in [0.3, 0.4) is 0 Å². The van der Waals surface area contributed by atoms with Crippen molar-refractivity contribution in [2.24, 2.45) is 0 Å². The van der Waals surface area contributed by atoms with Gasteiger partial charge in [-0.3, -0.25) is 0 Å². The third-order valence-corrected chi connectivity index (χ3v) is 4.52. The molecule has 1 heterocycles. The molecule has 0 atom stereocenters. The summed E-state index contributed by atoms with van der Waals surface area (Å²) >= 11 is 1.45. The van der Waals surface area contributed by atoms with Gasteiger partial charge in [0.2, 0.25) is 5.88 Å². The van der Waals surface area contributed by atoms with Crippen molar-refractivity contribution in [3.05, 3.63) is 77.2 Å². The van der Waals surface area contributed by atoms with Crippen LogP contribution in [0.25, 0.3) is 0 Å². The molecular weight excluding hydrogens is 349 g/mol. The van der Waals surface area contributed by atoms with Crippen molar-refractivity contribution in [1.29, 1.82) is 5.26 Å². The first-order valence-corrected chi connectivity index (χ1v) is 9.08. The van der Waals surface area contributed by atoms with Crippen molar-refractivity contribution >= 4 is 11.8 Å². The summed E-state index contributed by atoms with van der Waals surface area (Å²) in [4.78, 5) is 8.93. The van der Waals surface area contributed by atoms with Gasteiger partial charge >= 0.3 is 0 Å². The maximum atomic E-state index is 13.0. The van der Waals surface area contributed by atoms with E-state index in [0.717, 1.165) is 17.7 Å². The lowest BCUT2D eigenvalue weighted by Crippen LogP contribution is -1.98. The molecule has 4 nitrogen and oxygen atoms in total. The highest BCUT2D eigenvalue weighted by atomic mass is 32.2. The van der Waals surface area contributed by atoms with Crippen molar-refractivity contribution in [3.8, 4) is 17.7 Å². The Labute approximate surface area is 155 Å². The van der Waals surface area contributed by atoms with Crippen LogP contribution in [0.4, 0.5) is 4.39 Å². The van der Waals surface area contributed by atoms with Crippen LogP contribution in [0.1, 0.15) is 23.7 Å². The largest absolute Gasteiger partial charge is 0.439 e. The molecule has 0 radical (unpaired) electrons. The van der Waals surface area contributed by atoms with E-state index in [1.165, 1.54) is 23.9 Å². The molecule has 0 aliphatic heterocycles. The molecule has 0 bridgehead atoms. The molecule has 130 valence electrons. The van der Waals surface area contributed by atoms with E-state index in [4.69, 9.17) is 4.74 Å². The summed E-state index contributed by atoms with van der Waals surface area (Å²) in [7, 11) is 0. The van der Waals surface area contributed by atoms with E-state index in [0.29, 0.717) is 28.1 Å². The normalized spacial score (nSPS) is 10.3. The van der Waals surface area contributed by atoms with Gasteiger partial charge in [0, 0.05) is 17.5 Å². The zero-order valence-corrected chi connectivity index (χ0v) is 15.0. The number of thioether (sulfide) groups is 1. The second-order valence-corrected chi connectivity index (χ2v) is 6.39. The number of halogens is 1. The van der Waals surface area contributed by atoms with Gasteiger partial charge in [-0.2, -0.15) is 10.2 Å². The minimum Gasteiger partial charge on any atom is -0.439 e. The van der Waals surface area contributed by atoms with Crippen molar-refractivity contribution in [3.63, 3.8) is 0 Å². The maximum absolute atomic E-state index is 13.0. The number of ether oxygens (including phenoxy) is 1. The highest BCUT2D eigenvalue weighted by Crippen LogP contribution is 2.26. The van der Waals surface area contributed by atoms with Crippen LogP contribution in [0, 0.1) is 17.1 Å². The van der Waals surface area contributed by atoms with Gasteiger partial charge in [-0.05, 0) is 42.3 Å². The van der Waals surface area contributed by atoms with E-state index < -0.39 is 0 Å². The minimum absolute atomic E-state index is 0.318. The van der Waals surface area contributed by atoms with Crippen LogP contribution < -0.4 is 4.74 Å². The van der Waals surface area contributed by atoms with Gasteiger partial charge in [0.1, 0.15) is 11.6 Å². The molecule has 1 aromatic heterocycles. The fourth-order valence-electron chi connectivity index (χ4n) is 2.27. The van der Waals surface area contributed by atoms with Crippen molar-refractivity contribution in [2.45, 2.75) is 24.3 Å². The summed E-state index contributed by atoms with van der Waals surface area (Å²) in [6, 6.07) is 17.2. The third kappa shape index (κ3) is 4.58. The number of benzene rings is 2. The van der Waals surface area contributed by atoms with Gasteiger partial charge in [0.15, 0.2) is 5.16 Å². The maximum Gasteiger partial charge on any atom is 0.223 e. The van der Waals surface area contributed by atoms with Gasteiger partial charge in [-0.15, -0.1) is 0 Å². The van der Waals surface area contributed by atoms with Gasteiger partial charge in [-0.25, -0.2) is 9.37 Å². The van der Waals surface area contributed by atoms with Crippen LogP contribution in [0.2, 0.25) is 0 Å². The first-order valence-electron chi connectivity index (χ1n) is 8.10. The topological polar surface area (TPSA) is 58.8 Å². The summed E-state index contributed by atoms with van der Waals surface area (Å²) in [5, 5.41) is 9.77. The molecule has 0 aliphatic rings. The molecule has 3 rings (SSSR count). The fraction of sp³-hybridized carbons (Fsp3) is 0.150. The Morgan fingerprint density at radius 1 is 1.12 bits per heavy atom. The Hall–Kier alpha value is -2.91. The Morgan fingerprint density at radius 2 is 1.88 bits per heavy atom. The van der Waals surface area contributed by atoms with Crippen LogP contribution >= 0.6 is 11.8 Å². The van der Waals surface area contributed by atoms with Crippen molar-refractivity contribution in [2.75, 3.05) is 0 Å². The molecule has 0 fully saturated rings. The molecular formula is C20H16FN3OS. The second-order valence-electron chi connectivity index (χ2n) is 5.45. The highest BCUT2D eigenvalue weighted by Gasteiger charge is 2.09. The van der Waals surface area contributed by atoms with E-state index >= 15 is 0 Å². The predicted octanol–water partition coefficient (Wildman–Crippen LogP) is 5.13. The predicted molar refractivity (Wildman–Crippen MR) is 98.6 cm³/mol. The standard InChI is InChI=1S/C20H16FN3OS/c1-2-17-11-19(25-18-9-7-16(21)8-10-18)24-20(23-17)26-13-15-6-4-3-5-14(15)12-22/h3-11H,2,13H2,1H3. The zero-order chi connectivity index (χ0) is 18.4. The lowest BCUT2D eigenvalue weighted by molar-refractivity contribution is 0.452. The van der Waals surface area contributed by atoms with Crippen LogP contribution in [0.5, 0.6) is 11.6 Å². The monoisotopic (exact) mass is 365 g/mol. The molecule has 2 aromatic carbocycles. The molecule has 0 aliphatic carbocycles. The molecule has 0 amide bonds. The molecule has 3 aromatic rings. The number of nitriles is 1. The van der Waals surface area contributed by atoms with Gasteiger partial charge in [0.05, 0.1) is 11.6 Å². The number of nitrogens with zero attached hydrogens (tertiary/aromatic N) is 3. The molecule has 26 heavy (non-hydrogen) atoms. The first kappa shape index (κ1) is 17.9. The Balaban J connectivity index is 1.79. The average Bonchev–Trinajstić information content (AvgIpc) is 2.68. The van der Waals surface area contributed by atoms with Crippen LogP contribution in [0.15, 0.2) is 59.8 Å². The smallest absolute Gasteiger partial charge is 0.223 e. The summed E-state index contributed by atoms with van der Waals surface area (Å²) < 4.78 is 18.8. The van der Waals surface area contributed by atoms with Gasteiger partial charge in [-0.1, -0.05) is 36.9 Å².